The third-order valence-electron chi connectivity index (χ3n) is 3.09. The maximum atomic E-state index is 12.1. The van der Waals surface area contributed by atoms with Crippen LogP contribution in [0.3, 0.4) is 0 Å². The highest BCUT2D eigenvalue weighted by molar-refractivity contribution is 7.80. The van der Waals surface area contributed by atoms with Gasteiger partial charge in [0.1, 0.15) is 0 Å². The third-order valence-corrected chi connectivity index (χ3v) is 3.34. The highest BCUT2D eigenvalue weighted by Crippen LogP contribution is 2.20. The minimum Gasteiger partial charge on any atom is -0.462 e. The topological polar surface area (TPSA) is 76.7 Å². The van der Waals surface area contributed by atoms with Crippen LogP contribution in [0.25, 0.3) is 0 Å². The summed E-state index contributed by atoms with van der Waals surface area (Å²) in [5.41, 5.74) is 1.06. The van der Waals surface area contributed by atoms with E-state index in [0.29, 0.717) is 21.9 Å². The lowest BCUT2D eigenvalue weighted by molar-refractivity contribution is 0.0512. The first-order chi connectivity index (χ1) is 11.5. The summed E-state index contributed by atoms with van der Waals surface area (Å²) in [4.78, 5) is 24.0. The predicted octanol–water partition coefficient (Wildman–Crippen LogP) is 3.13. The zero-order chi connectivity index (χ0) is 17.9. The Morgan fingerprint density at radius 3 is 2.38 bits per heavy atom. The number of nitrogens with one attached hydrogen (secondary N) is 2. The average molecular weight is 352 g/mol. The molecular formula is C17H24N2O4S. The van der Waals surface area contributed by atoms with Crippen molar-refractivity contribution >= 4 is 35.0 Å². The molecule has 0 saturated heterocycles. The Bertz CT molecular complexity index is 590. The van der Waals surface area contributed by atoms with E-state index in [1.807, 2.05) is 0 Å². The van der Waals surface area contributed by atoms with Crippen molar-refractivity contribution in [1.82, 2.24) is 5.32 Å². The standard InChI is InChI=1S/C17H24N2O4S/c1-4-7-10-18-17(24)19-14-11-12(15(20)22-5-2)8-9-13(14)16(21)23-6-3/h8-9,11H,4-7,10H2,1-3H3,(H2,18,19,24). The van der Waals surface area contributed by atoms with Crippen molar-refractivity contribution in [2.24, 2.45) is 0 Å². The SMILES string of the molecule is CCCCNC(=S)Nc1cc(C(=O)OCC)ccc1C(=O)OCC. The minimum absolute atomic E-state index is 0.261. The second-order valence-electron chi connectivity index (χ2n) is 4.94. The summed E-state index contributed by atoms with van der Waals surface area (Å²) in [6, 6.07) is 4.60. The van der Waals surface area contributed by atoms with Gasteiger partial charge in [0.25, 0.3) is 0 Å². The molecule has 0 bridgehead atoms. The van der Waals surface area contributed by atoms with Gasteiger partial charge in [-0.2, -0.15) is 0 Å². The van der Waals surface area contributed by atoms with E-state index in [1.54, 1.807) is 13.8 Å². The molecule has 0 aliphatic heterocycles. The molecule has 0 saturated carbocycles. The molecule has 0 unspecified atom stereocenters. The van der Waals surface area contributed by atoms with Crippen molar-refractivity contribution in [3.8, 4) is 0 Å². The van der Waals surface area contributed by atoms with Crippen LogP contribution in [0.5, 0.6) is 0 Å². The summed E-state index contributed by atoms with van der Waals surface area (Å²) in [5, 5.41) is 6.40. The largest absolute Gasteiger partial charge is 0.462 e. The van der Waals surface area contributed by atoms with Crippen LogP contribution in [-0.4, -0.2) is 36.8 Å². The quantitative estimate of drug-likeness (QED) is 0.423. The molecule has 7 heteroatoms. The molecule has 24 heavy (non-hydrogen) atoms. The smallest absolute Gasteiger partial charge is 0.340 e. The lowest BCUT2D eigenvalue weighted by Crippen LogP contribution is -2.30. The Labute approximate surface area is 147 Å². The molecule has 0 heterocycles. The van der Waals surface area contributed by atoms with E-state index >= 15 is 0 Å². The fraction of sp³-hybridized carbons (Fsp3) is 0.471. The molecule has 0 aromatic heterocycles. The number of anilines is 1. The fourth-order valence-corrected chi connectivity index (χ4v) is 2.13. The summed E-state index contributed by atoms with van der Waals surface area (Å²) in [6.45, 7) is 6.82. The fourth-order valence-electron chi connectivity index (χ4n) is 1.92. The van der Waals surface area contributed by atoms with E-state index in [4.69, 9.17) is 21.7 Å². The van der Waals surface area contributed by atoms with Crippen molar-refractivity contribution in [1.29, 1.82) is 0 Å². The number of hydrogen-bond acceptors (Lipinski definition) is 5. The Kier molecular flexibility index (Phi) is 8.78. The molecule has 0 aliphatic carbocycles. The molecule has 132 valence electrons. The Hall–Kier alpha value is -2.15. The number of rotatable bonds is 8. The van der Waals surface area contributed by atoms with Crippen molar-refractivity contribution < 1.29 is 19.1 Å². The zero-order valence-corrected chi connectivity index (χ0v) is 15.1. The molecule has 0 fully saturated rings. The number of benzene rings is 1. The van der Waals surface area contributed by atoms with E-state index in [2.05, 4.69) is 17.6 Å². The van der Waals surface area contributed by atoms with E-state index in [-0.39, 0.29) is 13.2 Å². The summed E-state index contributed by atoms with van der Waals surface area (Å²) >= 11 is 5.23. The molecule has 0 amide bonds. The Balaban J connectivity index is 3.00. The molecule has 0 radical (unpaired) electrons. The van der Waals surface area contributed by atoms with Crippen molar-refractivity contribution in [3.63, 3.8) is 0 Å². The summed E-state index contributed by atoms with van der Waals surface area (Å²) < 4.78 is 10.0. The highest BCUT2D eigenvalue weighted by atomic mass is 32.1. The van der Waals surface area contributed by atoms with E-state index < -0.39 is 11.9 Å². The van der Waals surface area contributed by atoms with Gasteiger partial charge in [0.15, 0.2) is 5.11 Å². The van der Waals surface area contributed by atoms with E-state index in [0.717, 1.165) is 19.4 Å². The molecule has 0 spiro atoms. The van der Waals surface area contributed by atoms with Gasteiger partial charge in [0.2, 0.25) is 0 Å². The first kappa shape index (κ1) is 19.9. The molecule has 2 N–H and O–H groups in total. The van der Waals surface area contributed by atoms with Gasteiger partial charge in [-0.1, -0.05) is 13.3 Å². The number of carbonyl (C=O) groups excluding carboxylic acids is 2. The van der Waals surface area contributed by atoms with Gasteiger partial charge in [-0.15, -0.1) is 0 Å². The third kappa shape index (κ3) is 6.16. The van der Waals surface area contributed by atoms with Crippen LogP contribution in [0, 0.1) is 0 Å². The van der Waals surface area contributed by atoms with Crippen molar-refractivity contribution in [3.05, 3.63) is 29.3 Å². The van der Waals surface area contributed by atoms with E-state index in [9.17, 15) is 9.59 Å². The molecule has 0 atom stereocenters. The number of esters is 2. The molecular weight excluding hydrogens is 328 g/mol. The molecule has 6 nitrogen and oxygen atoms in total. The van der Waals surface area contributed by atoms with Crippen LogP contribution < -0.4 is 10.6 Å². The van der Waals surface area contributed by atoms with Gasteiger partial charge in [0, 0.05) is 6.54 Å². The first-order valence-corrected chi connectivity index (χ1v) is 8.47. The number of thiocarbonyl (C=S) groups is 1. The lowest BCUT2D eigenvalue weighted by atomic mass is 10.1. The maximum absolute atomic E-state index is 12.1. The molecule has 1 rings (SSSR count). The summed E-state index contributed by atoms with van der Waals surface area (Å²) in [5.74, 6) is -0.937. The van der Waals surface area contributed by atoms with Crippen LogP contribution in [0.2, 0.25) is 0 Å². The second-order valence-corrected chi connectivity index (χ2v) is 5.34. The summed E-state index contributed by atoms with van der Waals surface area (Å²) in [7, 11) is 0. The first-order valence-electron chi connectivity index (χ1n) is 8.06. The lowest BCUT2D eigenvalue weighted by Gasteiger charge is -2.14. The molecule has 1 aromatic rings. The van der Waals surface area contributed by atoms with Crippen LogP contribution in [0.15, 0.2) is 18.2 Å². The van der Waals surface area contributed by atoms with Crippen LogP contribution >= 0.6 is 12.2 Å². The number of unbranched alkanes of at least 4 members (excludes halogenated alkanes) is 1. The Morgan fingerprint density at radius 1 is 1.08 bits per heavy atom. The maximum Gasteiger partial charge on any atom is 0.340 e. The monoisotopic (exact) mass is 352 g/mol. The predicted molar refractivity (Wildman–Crippen MR) is 97.5 cm³/mol. The highest BCUT2D eigenvalue weighted by Gasteiger charge is 2.17. The van der Waals surface area contributed by atoms with Gasteiger partial charge in [0.05, 0.1) is 30.0 Å². The minimum atomic E-state index is -0.480. The molecule has 1 aromatic carbocycles. The Morgan fingerprint density at radius 2 is 1.75 bits per heavy atom. The van der Waals surface area contributed by atoms with Crippen LogP contribution in [0.1, 0.15) is 54.3 Å². The van der Waals surface area contributed by atoms with Crippen molar-refractivity contribution in [2.75, 3.05) is 25.1 Å². The van der Waals surface area contributed by atoms with Gasteiger partial charge >= 0.3 is 11.9 Å². The number of carbonyl (C=O) groups is 2. The normalized spacial score (nSPS) is 9.96. The van der Waals surface area contributed by atoms with Crippen LogP contribution in [-0.2, 0) is 9.47 Å². The van der Waals surface area contributed by atoms with E-state index in [1.165, 1.54) is 18.2 Å². The molecule has 0 aliphatic rings. The second kappa shape index (κ2) is 10.6. The van der Waals surface area contributed by atoms with Gasteiger partial charge in [-0.05, 0) is 50.7 Å². The number of hydrogen-bond donors (Lipinski definition) is 2. The van der Waals surface area contributed by atoms with Crippen LogP contribution in [0.4, 0.5) is 5.69 Å². The summed E-state index contributed by atoms with van der Waals surface area (Å²) in [6.07, 6.45) is 2.03. The van der Waals surface area contributed by atoms with Gasteiger partial charge in [-0.3, -0.25) is 0 Å². The zero-order valence-electron chi connectivity index (χ0n) is 14.3. The van der Waals surface area contributed by atoms with Gasteiger partial charge < -0.3 is 20.1 Å². The van der Waals surface area contributed by atoms with Crippen molar-refractivity contribution in [2.45, 2.75) is 33.6 Å². The van der Waals surface area contributed by atoms with Gasteiger partial charge in [-0.25, -0.2) is 9.59 Å². The number of ether oxygens (including phenoxy) is 2. The average Bonchev–Trinajstić information content (AvgIpc) is 2.55.